The number of thiazole rings is 1. The lowest BCUT2D eigenvalue weighted by atomic mass is 10.1. The fourth-order valence-corrected chi connectivity index (χ4v) is 3.48. The molecule has 0 saturated heterocycles. The Labute approximate surface area is 142 Å². The Hall–Kier alpha value is -2.93. The summed E-state index contributed by atoms with van der Waals surface area (Å²) in [5.74, 6) is -0.121. The van der Waals surface area contributed by atoms with Gasteiger partial charge in [-0.15, -0.1) is 11.3 Å². The molecule has 0 unspecified atom stereocenters. The van der Waals surface area contributed by atoms with Crippen molar-refractivity contribution in [1.82, 2.24) is 19.5 Å². The van der Waals surface area contributed by atoms with Crippen LogP contribution in [-0.4, -0.2) is 25.4 Å². The van der Waals surface area contributed by atoms with Crippen molar-refractivity contribution in [3.63, 3.8) is 0 Å². The Balaban J connectivity index is 1.58. The second-order valence-corrected chi connectivity index (χ2v) is 6.35. The van der Waals surface area contributed by atoms with Gasteiger partial charge in [-0.1, -0.05) is 18.2 Å². The standard InChI is InChI=1S/C17H15N5OS/c1-11-16(12-4-2-3-5-13(12)19-11)14-9-24-17(20-14)21-15(23)8-22-7-6-18-10-22/h2-7,9-10,19H,8H2,1H3,(H,20,21,23). The van der Waals surface area contributed by atoms with E-state index in [9.17, 15) is 4.79 Å². The molecule has 4 aromatic rings. The average Bonchev–Trinajstić information content (AvgIpc) is 3.26. The number of benzene rings is 1. The van der Waals surface area contributed by atoms with E-state index in [0.29, 0.717) is 5.13 Å². The van der Waals surface area contributed by atoms with Gasteiger partial charge < -0.3 is 14.9 Å². The SMILES string of the molecule is Cc1[nH]c2ccccc2c1-c1csc(NC(=O)Cn2ccnc2)n1. The summed E-state index contributed by atoms with van der Waals surface area (Å²) in [6.45, 7) is 2.26. The molecule has 0 aliphatic heterocycles. The Kier molecular flexibility index (Phi) is 3.62. The van der Waals surface area contributed by atoms with Crippen LogP contribution in [0.25, 0.3) is 22.2 Å². The van der Waals surface area contributed by atoms with E-state index in [0.717, 1.165) is 27.9 Å². The van der Waals surface area contributed by atoms with Gasteiger partial charge in [0.2, 0.25) is 5.91 Å². The van der Waals surface area contributed by atoms with E-state index >= 15 is 0 Å². The summed E-state index contributed by atoms with van der Waals surface area (Å²) >= 11 is 1.42. The van der Waals surface area contributed by atoms with Crippen LogP contribution in [0.4, 0.5) is 5.13 Å². The van der Waals surface area contributed by atoms with Gasteiger partial charge in [0, 0.05) is 39.9 Å². The highest BCUT2D eigenvalue weighted by molar-refractivity contribution is 7.14. The summed E-state index contributed by atoms with van der Waals surface area (Å²) in [5.41, 5.74) is 4.10. The molecule has 1 amide bonds. The lowest BCUT2D eigenvalue weighted by molar-refractivity contribution is -0.116. The first-order valence-electron chi connectivity index (χ1n) is 7.49. The monoisotopic (exact) mass is 337 g/mol. The molecule has 0 aliphatic rings. The number of aromatic nitrogens is 4. The van der Waals surface area contributed by atoms with Gasteiger partial charge in [0.25, 0.3) is 0 Å². The van der Waals surface area contributed by atoms with Crippen molar-refractivity contribution in [2.24, 2.45) is 0 Å². The van der Waals surface area contributed by atoms with Crippen LogP contribution >= 0.6 is 11.3 Å². The molecular formula is C17H15N5OS. The van der Waals surface area contributed by atoms with Crippen molar-refractivity contribution in [1.29, 1.82) is 0 Å². The zero-order chi connectivity index (χ0) is 16.5. The minimum Gasteiger partial charge on any atom is -0.358 e. The maximum atomic E-state index is 12.1. The first-order chi connectivity index (χ1) is 11.7. The molecule has 0 saturated carbocycles. The van der Waals surface area contributed by atoms with Gasteiger partial charge in [0.15, 0.2) is 5.13 Å². The Morgan fingerprint density at radius 3 is 3.08 bits per heavy atom. The summed E-state index contributed by atoms with van der Waals surface area (Å²) in [5, 5.41) is 6.54. The number of fused-ring (bicyclic) bond motifs is 1. The number of H-pyrrole nitrogens is 1. The first kappa shape index (κ1) is 14.6. The molecule has 24 heavy (non-hydrogen) atoms. The molecule has 2 N–H and O–H groups in total. The highest BCUT2D eigenvalue weighted by Crippen LogP contribution is 2.33. The Bertz CT molecular complexity index is 999. The fourth-order valence-electron chi connectivity index (χ4n) is 2.76. The Morgan fingerprint density at radius 2 is 2.25 bits per heavy atom. The molecule has 0 atom stereocenters. The highest BCUT2D eigenvalue weighted by atomic mass is 32.1. The van der Waals surface area contributed by atoms with E-state index in [4.69, 9.17) is 0 Å². The summed E-state index contributed by atoms with van der Waals surface area (Å²) in [6.07, 6.45) is 5.01. The van der Waals surface area contributed by atoms with E-state index in [1.54, 1.807) is 23.3 Å². The van der Waals surface area contributed by atoms with Crippen LogP contribution in [0.15, 0.2) is 48.4 Å². The molecule has 0 bridgehead atoms. The largest absolute Gasteiger partial charge is 0.358 e. The molecule has 120 valence electrons. The third-order valence-electron chi connectivity index (χ3n) is 3.79. The summed E-state index contributed by atoms with van der Waals surface area (Å²) < 4.78 is 1.72. The number of anilines is 1. The number of para-hydroxylation sites is 1. The van der Waals surface area contributed by atoms with Crippen LogP contribution in [0, 0.1) is 6.92 Å². The molecule has 0 radical (unpaired) electrons. The first-order valence-corrected chi connectivity index (χ1v) is 8.37. The van der Waals surface area contributed by atoms with Gasteiger partial charge in [-0.3, -0.25) is 4.79 Å². The van der Waals surface area contributed by atoms with Crippen molar-refractivity contribution in [3.8, 4) is 11.3 Å². The zero-order valence-corrected chi connectivity index (χ0v) is 13.8. The van der Waals surface area contributed by atoms with Gasteiger partial charge in [0.1, 0.15) is 6.54 Å². The lowest BCUT2D eigenvalue weighted by Gasteiger charge is -2.02. The predicted molar refractivity (Wildman–Crippen MR) is 95.0 cm³/mol. The van der Waals surface area contributed by atoms with Crippen molar-refractivity contribution in [3.05, 3.63) is 54.1 Å². The number of hydrogen-bond donors (Lipinski definition) is 2. The summed E-state index contributed by atoms with van der Waals surface area (Å²) in [6, 6.07) is 8.14. The van der Waals surface area contributed by atoms with Crippen LogP contribution in [0.5, 0.6) is 0 Å². The molecule has 3 aromatic heterocycles. The van der Waals surface area contributed by atoms with E-state index < -0.39 is 0 Å². The number of nitrogens with zero attached hydrogens (tertiary/aromatic N) is 3. The van der Waals surface area contributed by atoms with E-state index in [2.05, 4.69) is 26.3 Å². The molecule has 4 rings (SSSR count). The third-order valence-corrected chi connectivity index (χ3v) is 4.54. The molecule has 7 heteroatoms. The number of amides is 1. The normalized spacial score (nSPS) is 11.0. The lowest BCUT2D eigenvalue weighted by Crippen LogP contribution is -2.17. The second kappa shape index (κ2) is 5.93. The summed E-state index contributed by atoms with van der Waals surface area (Å²) in [7, 11) is 0. The number of nitrogens with one attached hydrogen (secondary N) is 2. The number of hydrogen-bond acceptors (Lipinski definition) is 4. The topological polar surface area (TPSA) is 75.6 Å². The fraction of sp³-hybridized carbons (Fsp3) is 0.118. The van der Waals surface area contributed by atoms with Crippen molar-refractivity contribution < 1.29 is 4.79 Å². The second-order valence-electron chi connectivity index (χ2n) is 5.49. The number of aromatic amines is 1. The number of carbonyl (C=O) groups excluding carboxylic acids is 1. The third kappa shape index (κ3) is 2.69. The quantitative estimate of drug-likeness (QED) is 0.599. The van der Waals surface area contributed by atoms with Gasteiger partial charge in [0.05, 0.1) is 12.0 Å². The van der Waals surface area contributed by atoms with Gasteiger partial charge in [-0.05, 0) is 13.0 Å². The van der Waals surface area contributed by atoms with Gasteiger partial charge >= 0.3 is 0 Å². The molecule has 0 fully saturated rings. The highest BCUT2D eigenvalue weighted by Gasteiger charge is 2.14. The van der Waals surface area contributed by atoms with Crippen LogP contribution in [0.3, 0.4) is 0 Å². The summed E-state index contributed by atoms with van der Waals surface area (Å²) in [4.78, 5) is 23.9. The molecule has 6 nitrogen and oxygen atoms in total. The number of carbonyl (C=O) groups is 1. The molecule has 3 heterocycles. The average molecular weight is 337 g/mol. The van der Waals surface area contributed by atoms with Crippen molar-refractivity contribution in [2.45, 2.75) is 13.5 Å². The maximum absolute atomic E-state index is 12.1. The smallest absolute Gasteiger partial charge is 0.246 e. The van der Waals surface area contributed by atoms with E-state index in [1.165, 1.54) is 11.3 Å². The Morgan fingerprint density at radius 1 is 1.38 bits per heavy atom. The van der Waals surface area contributed by atoms with Crippen LogP contribution in [0.2, 0.25) is 0 Å². The number of rotatable bonds is 4. The predicted octanol–water partition coefficient (Wildman–Crippen LogP) is 3.44. The minimum atomic E-state index is -0.121. The minimum absolute atomic E-state index is 0.121. The van der Waals surface area contributed by atoms with Crippen molar-refractivity contribution >= 4 is 33.3 Å². The molecular weight excluding hydrogens is 322 g/mol. The zero-order valence-electron chi connectivity index (χ0n) is 13.0. The van der Waals surface area contributed by atoms with E-state index in [-0.39, 0.29) is 12.5 Å². The van der Waals surface area contributed by atoms with Crippen LogP contribution in [-0.2, 0) is 11.3 Å². The molecule has 0 spiro atoms. The van der Waals surface area contributed by atoms with Gasteiger partial charge in [-0.2, -0.15) is 0 Å². The van der Waals surface area contributed by atoms with E-state index in [1.807, 2.05) is 30.5 Å². The maximum Gasteiger partial charge on any atom is 0.246 e. The van der Waals surface area contributed by atoms with Crippen LogP contribution in [0.1, 0.15) is 5.69 Å². The van der Waals surface area contributed by atoms with Crippen molar-refractivity contribution in [2.75, 3.05) is 5.32 Å². The molecule has 1 aromatic carbocycles. The molecule has 0 aliphatic carbocycles. The van der Waals surface area contributed by atoms with Crippen LogP contribution < -0.4 is 5.32 Å². The van der Waals surface area contributed by atoms with Gasteiger partial charge in [-0.25, -0.2) is 9.97 Å². The number of aryl methyl sites for hydroxylation is 1. The number of imidazole rings is 1.